The van der Waals surface area contributed by atoms with Gasteiger partial charge in [-0.3, -0.25) is 14.9 Å². The van der Waals surface area contributed by atoms with E-state index in [4.69, 9.17) is 4.74 Å². The molecular weight excluding hydrogens is 528 g/mol. The Morgan fingerprint density at radius 1 is 0.929 bits per heavy atom. The molecule has 0 fully saturated rings. The Hall–Kier alpha value is -5.94. The van der Waals surface area contributed by atoms with Gasteiger partial charge in [0.1, 0.15) is 17.4 Å². The molecule has 0 saturated carbocycles. The van der Waals surface area contributed by atoms with E-state index in [1.165, 1.54) is 12.1 Å². The molecule has 5 aromatic rings. The predicted molar refractivity (Wildman–Crippen MR) is 163 cm³/mol. The molecule has 0 aliphatic heterocycles. The first kappa shape index (κ1) is 27.6. The molecule has 0 radical (unpaired) electrons. The van der Waals surface area contributed by atoms with E-state index in [1.807, 2.05) is 78.2 Å². The van der Waals surface area contributed by atoms with Crippen molar-refractivity contribution in [1.29, 1.82) is 5.26 Å². The van der Waals surface area contributed by atoms with Gasteiger partial charge in [0, 0.05) is 35.1 Å². The zero-order chi connectivity index (χ0) is 29.5. The fourth-order valence-corrected chi connectivity index (χ4v) is 4.68. The Labute approximate surface area is 242 Å². The first-order valence-electron chi connectivity index (χ1n) is 13.3. The van der Waals surface area contributed by atoms with Crippen molar-refractivity contribution < 1.29 is 14.5 Å². The number of nitrogens with one attached hydrogen (secondary N) is 1. The van der Waals surface area contributed by atoms with Crippen molar-refractivity contribution in [2.24, 2.45) is 0 Å². The minimum atomic E-state index is -0.561. The Bertz CT molecular complexity index is 1800. The summed E-state index contributed by atoms with van der Waals surface area (Å²) < 4.78 is 7.51. The zero-order valence-electron chi connectivity index (χ0n) is 22.7. The van der Waals surface area contributed by atoms with E-state index in [2.05, 4.69) is 11.4 Å². The third-order valence-electron chi connectivity index (χ3n) is 6.53. The van der Waals surface area contributed by atoms with Crippen LogP contribution in [0.5, 0.6) is 5.75 Å². The van der Waals surface area contributed by atoms with Crippen LogP contribution in [0.15, 0.2) is 121 Å². The fourth-order valence-electron chi connectivity index (χ4n) is 4.68. The molecule has 0 unspecified atom stereocenters. The summed E-state index contributed by atoms with van der Waals surface area (Å²) in [6.07, 6.45) is 1.57. The van der Waals surface area contributed by atoms with E-state index in [1.54, 1.807) is 42.5 Å². The number of ether oxygens (including phenoxy) is 1. The summed E-state index contributed by atoms with van der Waals surface area (Å²) in [5.74, 6) is 0.0475. The zero-order valence-corrected chi connectivity index (χ0v) is 22.7. The minimum absolute atomic E-state index is 0.0228. The predicted octanol–water partition coefficient (Wildman–Crippen LogP) is 7.66. The summed E-state index contributed by atoms with van der Waals surface area (Å²) in [5, 5.41) is 24.2. The maximum absolute atomic E-state index is 13.3. The smallest absolute Gasteiger partial charge is 0.269 e. The van der Waals surface area contributed by atoms with Crippen LogP contribution in [0.3, 0.4) is 0 Å². The van der Waals surface area contributed by atoms with Crippen molar-refractivity contribution >= 4 is 23.4 Å². The van der Waals surface area contributed by atoms with E-state index in [-0.39, 0.29) is 11.3 Å². The first-order chi connectivity index (χ1) is 20.5. The number of anilines is 1. The summed E-state index contributed by atoms with van der Waals surface area (Å²) >= 11 is 0. The topological polar surface area (TPSA) is 110 Å². The molecule has 0 bridgehead atoms. The third kappa shape index (κ3) is 5.96. The quantitative estimate of drug-likeness (QED) is 0.0870. The average molecular weight is 555 g/mol. The SMILES string of the molecule is CCOc1cccc(NC(=O)C(C#N)=Cc2cc(-c3ccccc3)n(-c3ccc([N+](=O)[O-])cc3)c2-c2ccccc2)c1. The van der Waals surface area contributed by atoms with Crippen LogP contribution in [-0.2, 0) is 4.79 Å². The molecule has 42 heavy (non-hydrogen) atoms. The second kappa shape index (κ2) is 12.5. The Balaban J connectivity index is 1.68. The number of carbonyl (C=O) groups is 1. The monoisotopic (exact) mass is 554 g/mol. The van der Waals surface area contributed by atoms with Gasteiger partial charge in [-0.25, -0.2) is 0 Å². The van der Waals surface area contributed by atoms with Crippen molar-refractivity contribution in [3.8, 4) is 40.0 Å². The molecular formula is C34H26N4O4. The molecule has 5 rings (SSSR count). The van der Waals surface area contributed by atoms with Gasteiger partial charge in [-0.2, -0.15) is 5.26 Å². The van der Waals surface area contributed by atoms with Gasteiger partial charge in [0.2, 0.25) is 0 Å². The molecule has 8 heteroatoms. The molecule has 8 nitrogen and oxygen atoms in total. The number of benzene rings is 4. The standard InChI is InChI=1S/C34H26N4O4/c1-2-42-31-15-9-14-28(22-31)36-34(39)27(23-35)20-26-21-32(24-10-5-3-6-11-24)37(33(26)25-12-7-4-8-13-25)29-16-18-30(19-17-29)38(40)41/h3-22H,2H2,1H3,(H,36,39). The van der Waals surface area contributed by atoms with Gasteiger partial charge in [0.15, 0.2) is 0 Å². The van der Waals surface area contributed by atoms with E-state index >= 15 is 0 Å². The molecule has 1 N–H and O–H groups in total. The molecule has 206 valence electrons. The van der Waals surface area contributed by atoms with E-state index in [0.29, 0.717) is 29.3 Å². The van der Waals surface area contributed by atoms with Crippen molar-refractivity contribution in [2.75, 3.05) is 11.9 Å². The number of non-ortho nitro benzene ring substituents is 1. The van der Waals surface area contributed by atoms with Crippen LogP contribution in [-0.4, -0.2) is 22.0 Å². The van der Waals surface area contributed by atoms with Crippen LogP contribution < -0.4 is 10.1 Å². The molecule has 1 aromatic heterocycles. The van der Waals surface area contributed by atoms with Gasteiger partial charge in [0.05, 0.1) is 22.9 Å². The van der Waals surface area contributed by atoms with Crippen molar-refractivity contribution in [3.05, 3.63) is 137 Å². The largest absolute Gasteiger partial charge is 0.494 e. The lowest BCUT2D eigenvalue weighted by Gasteiger charge is -2.15. The van der Waals surface area contributed by atoms with Gasteiger partial charge in [0.25, 0.3) is 11.6 Å². The number of hydrogen-bond acceptors (Lipinski definition) is 5. The fraction of sp³-hybridized carbons (Fsp3) is 0.0588. The summed E-state index contributed by atoms with van der Waals surface area (Å²) in [6.45, 7) is 2.36. The van der Waals surface area contributed by atoms with Crippen molar-refractivity contribution in [2.45, 2.75) is 6.92 Å². The van der Waals surface area contributed by atoms with E-state index < -0.39 is 10.8 Å². The van der Waals surface area contributed by atoms with Gasteiger partial charge in [-0.1, -0.05) is 66.7 Å². The van der Waals surface area contributed by atoms with Crippen LogP contribution in [0.1, 0.15) is 12.5 Å². The summed E-state index contributed by atoms with van der Waals surface area (Å²) in [6, 6.07) is 36.5. The number of hydrogen-bond donors (Lipinski definition) is 1. The van der Waals surface area contributed by atoms with Crippen LogP contribution >= 0.6 is 0 Å². The highest BCUT2D eigenvalue weighted by Gasteiger charge is 2.21. The van der Waals surface area contributed by atoms with Crippen molar-refractivity contribution in [1.82, 2.24) is 4.57 Å². The number of nitro benzene ring substituents is 1. The summed E-state index contributed by atoms with van der Waals surface area (Å²) in [7, 11) is 0. The van der Waals surface area contributed by atoms with E-state index in [0.717, 1.165) is 22.5 Å². The lowest BCUT2D eigenvalue weighted by molar-refractivity contribution is -0.384. The highest BCUT2D eigenvalue weighted by molar-refractivity contribution is 6.10. The molecule has 0 saturated heterocycles. The number of nitriles is 1. The minimum Gasteiger partial charge on any atom is -0.494 e. The number of nitro groups is 1. The number of rotatable bonds is 9. The van der Waals surface area contributed by atoms with E-state index in [9.17, 15) is 20.2 Å². The van der Waals surface area contributed by atoms with Crippen LogP contribution in [0.2, 0.25) is 0 Å². The number of aromatic nitrogens is 1. The van der Waals surface area contributed by atoms with Crippen LogP contribution in [0.25, 0.3) is 34.3 Å². The highest BCUT2D eigenvalue weighted by atomic mass is 16.6. The van der Waals surface area contributed by atoms with Crippen LogP contribution in [0.4, 0.5) is 11.4 Å². The number of nitrogens with zero attached hydrogens (tertiary/aromatic N) is 3. The number of amides is 1. The average Bonchev–Trinajstić information content (AvgIpc) is 3.40. The van der Waals surface area contributed by atoms with Crippen molar-refractivity contribution in [3.63, 3.8) is 0 Å². The Morgan fingerprint density at radius 3 is 2.21 bits per heavy atom. The van der Waals surface area contributed by atoms with Gasteiger partial charge >= 0.3 is 0 Å². The van der Waals surface area contributed by atoms with Gasteiger partial charge in [-0.15, -0.1) is 0 Å². The van der Waals surface area contributed by atoms with Gasteiger partial charge < -0.3 is 14.6 Å². The molecule has 4 aromatic carbocycles. The first-order valence-corrected chi connectivity index (χ1v) is 13.3. The van der Waals surface area contributed by atoms with Gasteiger partial charge in [-0.05, 0) is 54.5 Å². The molecule has 1 amide bonds. The Morgan fingerprint density at radius 2 is 1.60 bits per heavy atom. The number of carbonyl (C=O) groups excluding carboxylic acids is 1. The second-order valence-electron chi connectivity index (χ2n) is 9.26. The van der Waals surface area contributed by atoms with Crippen LogP contribution in [0, 0.1) is 21.4 Å². The molecule has 0 aliphatic rings. The lowest BCUT2D eigenvalue weighted by atomic mass is 10.0. The molecule has 0 aliphatic carbocycles. The maximum atomic E-state index is 13.3. The molecule has 0 spiro atoms. The highest BCUT2D eigenvalue weighted by Crippen LogP contribution is 2.37. The lowest BCUT2D eigenvalue weighted by Crippen LogP contribution is -2.13. The molecule has 1 heterocycles. The molecule has 0 atom stereocenters. The second-order valence-corrected chi connectivity index (χ2v) is 9.26. The summed E-state index contributed by atoms with van der Waals surface area (Å²) in [5.41, 5.74) is 4.96. The third-order valence-corrected chi connectivity index (χ3v) is 6.53. The summed E-state index contributed by atoms with van der Waals surface area (Å²) in [4.78, 5) is 24.2. The Kier molecular flexibility index (Phi) is 8.22. The normalized spacial score (nSPS) is 11.0. The maximum Gasteiger partial charge on any atom is 0.269 e.